The van der Waals surface area contributed by atoms with Crippen LogP contribution in [0.25, 0.3) is 0 Å². The van der Waals surface area contributed by atoms with Crippen molar-refractivity contribution in [1.82, 2.24) is 20.4 Å². The van der Waals surface area contributed by atoms with Crippen LogP contribution in [0.4, 0.5) is 0 Å². The van der Waals surface area contributed by atoms with Crippen molar-refractivity contribution in [3.05, 3.63) is 35.9 Å². The third kappa shape index (κ3) is 9.23. The molecular weight excluding hydrogens is 465 g/mol. The molecule has 7 heteroatoms. The van der Waals surface area contributed by atoms with Gasteiger partial charge in [0, 0.05) is 46.3 Å². The third-order valence-corrected chi connectivity index (χ3v) is 4.73. The van der Waals surface area contributed by atoms with E-state index < -0.39 is 0 Å². The first-order chi connectivity index (χ1) is 12.9. The van der Waals surface area contributed by atoms with Crippen LogP contribution >= 0.6 is 24.0 Å². The first-order valence-electron chi connectivity index (χ1n) is 9.95. The number of nitrogens with one attached hydrogen (secondary N) is 2. The number of rotatable bonds is 7. The first-order valence-corrected chi connectivity index (χ1v) is 9.95. The molecule has 158 valence electrons. The number of likely N-dealkylation sites (tertiary alicyclic amines) is 1. The highest BCUT2D eigenvalue weighted by molar-refractivity contribution is 14.0. The van der Waals surface area contributed by atoms with E-state index in [4.69, 9.17) is 0 Å². The van der Waals surface area contributed by atoms with Crippen molar-refractivity contribution >= 4 is 35.8 Å². The molecule has 0 spiro atoms. The van der Waals surface area contributed by atoms with E-state index in [1.165, 1.54) is 5.56 Å². The maximum atomic E-state index is 11.9. The SMILES string of the molecule is CC(C)CNC(=NCC(=O)N(C)C)NC1CCN(Cc2ccccc2)CC1.I. The molecule has 0 aliphatic carbocycles. The predicted octanol–water partition coefficient (Wildman–Crippen LogP) is 2.55. The van der Waals surface area contributed by atoms with Crippen LogP contribution in [0.5, 0.6) is 0 Å². The lowest BCUT2D eigenvalue weighted by Gasteiger charge is -2.33. The van der Waals surface area contributed by atoms with E-state index in [9.17, 15) is 4.79 Å². The summed E-state index contributed by atoms with van der Waals surface area (Å²) in [5, 5.41) is 6.90. The summed E-state index contributed by atoms with van der Waals surface area (Å²) < 4.78 is 0. The van der Waals surface area contributed by atoms with Gasteiger partial charge in [-0.3, -0.25) is 9.69 Å². The summed E-state index contributed by atoms with van der Waals surface area (Å²) in [7, 11) is 3.52. The number of aliphatic imine (C=N–C) groups is 1. The van der Waals surface area contributed by atoms with E-state index >= 15 is 0 Å². The molecule has 1 aromatic rings. The van der Waals surface area contributed by atoms with E-state index in [0.29, 0.717) is 12.0 Å². The van der Waals surface area contributed by atoms with Gasteiger partial charge in [0.15, 0.2) is 5.96 Å². The van der Waals surface area contributed by atoms with Crippen LogP contribution in [0.1, 0.15) is 32.3 Å². The van der Waals surface area contributed by atoms with Crippen LogP contribution in [-0.2, 0) is 11.3 Å². The lowest BCUT2D eigenvalue weighted by atomic mass is 10.0. The van der Waals surface area contributed by atoms with Gasteiger partial charge in [0.05, 0.1) is 0 Å². The highest BCUT2D eigenvalue weighted by Gasteiger charge is 2.20. The Morgan fingerprint density at radius 2 is 1.86 bits per heavy atom. The molecule has 0 unspecified atom stereocenters. The zero-order valence-electron chi connectivity index (χ0n) is 17.6. The fraction of sp³-hybridized carbons (Fsp3) is 0.619. The summed E-state index contributed by atoms with van der Waals surface area (Å²) in [6.45, 7) is 8.50. The number of nitrogens with zero attached hydrogens (tertiary/aromatic N) is 3. The van der Waals surface area contributed by atoms with E-state index in [2.05, 4.69) is 64.7 Å². The van der Waals surface area contributed by atoms with Crippen molar-refractivity contribution in [2.75, 3.05) is 40.3 Å². The van der Waals surface area contributed by atoms with Gasteiger partial charge in [-0.05, 0) is 24.3 Å². The molecule has 2 N–H and O–H groups in total. The van der Waals surface area contributed by atoms with Gasteiger partial charge in [-0.25, -0.2) is 4.99 Å². The molecule has 1 aromatic carbocycles. The Balaban J connectivity index is 0.00000392. The van der Waals surface area contributed by atoms with E-state index in [1.807, 2.05) is 0 Å². The van der Waals surface area contributed by atoms with Gasteiger partial charge >= 0.3 is 0 Å². The molecule has 28 heavy (non-hydrogen) atoms. The summed E-state index contributed by atoms with van der Waals surface area (Å²) in [6.07, 6.45) is 2.16. The molecule has 0 bridgehead atoms. The summed E-state index contributed by atoms with van der Waals surface area (Å²) in [5.74, 6) is 1.29. The Kier molecular flexibility index (Phi) is 11.4. The van der Waals surface area contributed by atoms with Crippen molar-refractivity contribution in [3.8, 4) is 0 Å². The average molecular weight is 501 g/mol. The van der Waals surface area contributed by atoms with Crippen LogP contribution in [0.15, 0.2) is 35.3 Å². The summed E-state index contributed by atoms with van der Waals surface area (Å²) in [5.41, 5.74) is 1.37. The molecule has 0 radical (unpaired) electrons. The molecule has 0 atom stereocenters. The summed E-state index contributed by atoms with van der Waals surface area (Å²) in [6, 6.07) is 11.0. The second kappa shape index (κ2) is 13.0. The van der Waals surface area contributed by atoms with E-state index in [1.54, 1.807) is 19.0 Å². The first kappa shape index (κ1) is 24.7. The smallest absolute Gasteiger partial charge is 0.243 e. The van der Waals surface area contributed by atoms with Crippen LogP contribution in [0, 0.1) is 5.92 Å². The number of likely N-dealkylation sites (N-methyl/N-ethyl adjacent to an activating group) is 1. The molecule has 1 amide bonds. The van der Waals surface area contributed by atoms with Crippen molar-refractivity contribution < 1.29 is 4.79 Å². The largest absolute Gasteiger partial charge is 0.356 e. The van der Waals surface area contributed by atoms with Gasteiger partial charge in [0.25, 0.3) is 0 Å². The second-order valence-electron chi connectivity index (χ2n) is 7.91. The standard InChI is InChI=1S/C21H35N5O.HI/c1-17(2)14-22-21(23-15-20(27)25(3)4)24-19-10-12-26(13-11-19)16-18-8-6-5-7-9-18;/h5-9,17,19H,10-16H2,1-4H3,(H2,22,23,24);1H. The van der Waals surface area contributed by atoms with Crippen molar-refractivity contribution in [2.24, 2.45) is 10.9 Å². The third-order valence-electron chi connectivity index (χ3n) is 4.73. The van der Waals surface area contributed by atoms with Gasteiger partial charge in [0.2, 0.25) is 5.91 Å². The van der Waals surface area contributed by atoms with Crippen LogP contribution < -0.4 is 10.6 Å². The Bertz CT molecular complexity index is 598. The second-order valence-corrected chi connectivity index (χ2v) is 7.91. The van der Waals surface area contributed by atoms with Crippen LogP contribution in [0.2, 0.25) is 0 Å². The quantitative estimate of drug-likeness (QED) is 0.343. The lowest BCUT2D eigenvalue weighted by molar-refractivity contribution is -0.127. The monoisotopic (exact) mass is 501 g/mol. The number of hydrogen-bond donors (Lipinski definition) is 2. The predicted molar refractivity (Wildman–Crippen MR) is 127 cm³/mol. The molecule has 2 rings (SSSR count). The van der Waals surface area contributed by atoms with Crippen LogP contribution in [-0.4, -0.2) is 68.0 Å². The average Bonchev–Trinajstić information content (AvgIpc) is 2.65. The molecular formula is C21H36IN5O. The topological polar surface area (TPSA) is 60.0 Å². The molecule has 0 saturated carbocycles. The van der Waals surface area contributed by atoms with Gasteiger partial charge < -0.3 is 15.5 Å². The lowest BCUT2D eigenvalue weighted by Crippen LogP contribution is -2.49. The molecule has 1 fully saturated rings. The van der Waals surface area contributed by atoms with Crippen molar-refractivity contribution in [1.29, 1.82) is 0 Å². The van der Waals surface area contributed by atoms with Gasteiger partial charge in [-0.1, -0.05) is 44.2 Å². The molecule has 1 aliphatic rings. The number of benzene rings is 1. The minimum Gasteiger partial charge on any atom is -0.356 e. The highest BCUT2D eigenvalue weighted by Crippen LogP contribution is 2.13. The fourth-order valence-corrected chi connectivity index (χ4v) is 3.01. The Morgan fingerprint density at radius 1 is 1.21 bits per heavy atom. The molecule has 1 heterocycles. The number of hydrogen-bond acceptors (Lipinski definition) is 3. The maximum Gasteiger partial charge on any atom is 0.243 e. The molecule has 0 aromatic heterocycles. The number of halogens is 1. The molecule has 1 aliphatic heterocycles. The Labute approximate surface area is 187 Å². The normalized spacial score (nSPS) is 15.8. The number of carbonyl (C=O) groups is 1. The number of piperidine rings is 1. The number of guanidine groups is 1. The number of amides is 1. The molecule has 1 saturated heterocycles. The van der Waals surface area contributed by atoms with E-state index in [0.717, 1.165) is 45.0 Å². The zero-order valence-corrected chi connectivity index (χ0v) is 20.0. The van der Waals surface area contributed by atoms with Gasteiger partial charge in [-0.15, -0.1) is 24.0 Å². The zero-order chi connectivity index (χ0) is 19.6. The fourth-order valence-electron chi connectivity index (χ4n) is 3.01. The van der Waals surface area contributed by atoms with Crippen molar-refractivity contribution in [3.63, 3.8) is 0 Å². The maximum absolute atomic E-state index is 11.9. The summed E-state index contributed by atoms with van der Waals surface area (Å²) in [4.78, 5) is 20.4. The van der Waals surface area contributed by atoms with Gasteiger partial charge in [0.1, 0.15) is 6.54 Å². The van der Waals surface area contributed by atoms with Crippen molar-refractivity contribution in [2.45, 2.75) is 39.3 Å². The minimum absolute atomic E-state index is 0. The number of carbonyl (C=O) groups excluding carboxylic acids is 1. The van der Waals surface area contributed by atoms with Crippen LogP contribution in [0.3, 0.4) is 0 Å². The van der Waals surface area contributed by atoms with Gasteiger partial charge in [-0.2, -0.15) is 0 Å². The highest BCUT2D eigenvalue weighted by atomic mass is 127. The molecule has 6 nitrogen and oxygen atoms in total. The van der Waals surface area contributed by atoms with E-state index in [-0.39, 0.29) is 36.4 Å². The minimum atomic E-state index is 0. The summed E-state index contributed by atoms with van der Waals surface area (Å²) >= 11 is 0. The Morgan fingerprint density at radius 3 is 2.43 bits per heavy atom. The Hall–Kier alpha value is -1.35.